The van der Waals surface area contributed by atoms with Crippen molar-refractivity contribution in [3.8, 4) is 0 Å². The Labute approximate surface area is 148 Å². The van der Waals surface area contributed by atoms with Gasteiger partial charge in [0.1, 0.15) is 0 Å². The van der Waals surface area contributed by atoms with E-state index in [0.717, 1.165) is 19.6 Å². The van der Waals surface area contributed by atoms with Crippen LogP contribution >= 0.6 is 0 Å². The van der Waals surface area contributed by atoms with Crippen molar-refractivity contribution in [2.24, 2.45) is 5.92 Å². The predicted molar refractivity (Wildman–Crippen MR) is 102 cm³/mol. The van der Waals surface area contributed by atoms with Gasteiger partial charge >= 0.3 is 0 Å². The number of epoxide rings is 1. The van der Waals surface area contributed by atoms with Gasteiger partial charge in [0.25, 0.3) is 0 Å². The minimum absolute atomic E-state index is 0.217. The van der Waals surface area contributed by atoms with Crippen LogP contribution in [0, 0.1) is 5.92 Å². The first-order chi connectivity index (χ1) is 11.2. The summed E-state index contributed by atoms with van der Waals surface area (Å²) >= 11 is 0. The van der Waals surface area contributed by atoms with E-state index in [1.807, 2.05) is 6.07 Å². The van der Waals surface area contributed by atoms with Crippen LogP contribution in [0.1, 0.15) is 39.7 Å². The molecule has 0 amide bonds. The molecule has 1 aliphatic heterocycles. The monoisotopic (exact) mass is 350 g/mol. The Morgan fingerprint density at radius 2 is 1.83 bits per heavy atom. The lowest BCUT2D eigenvalue weighted by Crippen LogP contribution is -2.46. The van der Waals surface area contributed by atoms with Crippen molar-refractivity contribution in [3.63, 3.8) is 0 Å². The second-order valence-electron chi connectivity index (χ2n) is 8.47. The Morgan fingerprint density at radius 1 is 1.21 bits per heavy atom. The van der Waals surface area contributed by atoms with Crippen molar-refractivity contribution in [3.05, 3.63) is 35.9 Å². The molecule has 1 fully saturated rings. The van der Waals surface area contributed by atoms with E-state index in [0.29, 0.717) is 18.6 Å². The van der Waals surface area contributed by atoms with Crippen LogP contribution < -0.4 is 0 Å². The van der Waals surface area contributed by atoms with Gasteiger partial charge in [0.05, 0.1) is 25.4 Å². The van der Waals surface area contributed by atoms with Crippen LogP contribution in [0.15, 0.2) is 30.3 Å². The molecule has 1 saturated heterocycles. The fourth-order valence-electron chi connectivity index (χ4n) is 2.55. The maximum absolute atomic E-state index is 6.70. The second kappa shape index (κ2) is 8.13. The van der Waals surface area contributed by atoms with Crippen LogP contribution in [0.5, 0.6) is 0 Å². The summed E-state index contributed by atoms with van der Waals surface area (Å²) in [5.74, 6) is 0.430. The molecule has 4 heteroatoms. The second-order valence-corrected chi connectivity index (χ2v) is 13.2. The highest BCUT2D eigenvalue weighted by Crippen LogP contribution is 2.39. The summed E-state index contributed by atoms with van der Waals surface area (Å²) in [6.45, 7) is 16.1. The Hall–Kier alpha value is -0.683. The molecule has 1 heterocycles. The molecule has 1 aliphatic rings. The fraction of sp³-hybridized carbons (Fsp3) is 0.700. The standard InChI is InChI=1S/C20H34O3Si/c1-16(19-15-22-19)18(23-24(5,6)20(2,3)4)12-13-21-14-17-10-8-7-9-11-17/h7-11,16,18-19H,12-15H2,1-6H3/t16-,18+,19-/m0/s1. The van der Waals surface area contributed by atoms with Gasteiger partial charge in [-0.05, 0) is 30.1 Å². The molecular formula is C20H34O3Si. The van der Waals surface area contributed by atoms with E-state index in [9.17, 15) is 0 Å². The zero-order valence-corrected chi connectivity index (χ0v) is 17.2. The Morgan fingerprint density at radius 3 is 2.38 bits per heavy atom. The number of rotatable bonds is 9. The van der Waals surface area contributed by atoms with Gasteiger partial charge in [-0.3, -0.25) is 0 Å². The maximum atomic E-state index is 6.70. The third-order valence-electron chi connectivity index (χ3n) is 5.44. The molecule has 1 aromatic rings. The smallest absolute Gasteiger partial charge is 0.192 e. The lowest BCUT2D eigenvalue weighted by atomic mass is 9.99. The van der Waals surface area contributed by atoms with Crippen LogP contribution in [0.4, 0.5) is 0 Å². The van der Waals surface area contributed by atoms with Gasteiger partial charge in [0, 0.05) is 12.5 Å². The molecule has 0 saturated carbocycles. The Kier molecular flexibility index (Phi) is 6.65. The van der Waals surface area contributed by atoms with E-state index in [4.69, 9.17) is 13.9 Å². The van der Waals surface area contributed by atoms with Gasteiger partial charge in [-0.1, -0.05) is 58.0 Å². The van der Waals surface area contributed by atoms with E-state index in [-0.39, 0.29) is 11.1 Å². The predicted octanol–water partition coefficient (Wildman–Crippen LogP) is 5.02. The summed E-state index contributed by atoms with van der Waals surface area (Å²) in [6.07, 6.45) is 1.52. The highest BCUT2D eigenvalue weighted by molar-refractivity contribution is 6.74. The Balaban J connectivity index is 1.87. The first-order valence-corrected chi connectivity index (χ1v) is 12.0. The summed E-state index contributed by atoms with van der Waals surface area (Å²) in [5.41, 5.74) is 1.22. The van der Waals surface area contributed by atoms with Gasteiger partial charge in [-0.25, -0.2) is 0 Å². The fourth-order valence-corrected chi connectivity index (χ4v) is 3.99. The zero-order valence-electron chi connectivity index (χ0n) is 16.2. The molecule has 0 spiro atoms. The van der Waals surface area contributed by atoms with Crippen LogP contribution in [-0.4, -0.2) is 33.7 Å². The highest BCUT2D eigenvalue weighted by atomic mass is 28.4. The summed E-state index contributed by atoms with van der Waals surface area (Å²) in [6, 6.07) is 10.3. The quantitative estimate of drug-likeness (QED) is 0.356. The lowest BCUT2D eigenvalue weighted by Gasteiger charge is -2.40. The van der Waals surface area contributed by atoms with Crippen LogP contribution in [0.2, 0.25) is 18.1 Å². The van der Waals surface area contributed by atoms with Gasteiger partial charge in [-0.2, -0.15) is 0 Å². The molecule has 0 aliphatic carbocycles. The topological polar surface area (TPSA) is 31.0 Å². The minimum Gasteiger partial charge on any atom is -0.413 e. The van der Waals surface area contributed by atoms with Crippen molar-refractivity contribution in [1.29, 1.82) is 0 Å². The van der Waals surface area contributed by atoms with E-state index < -0.39 is 8.32 Å². The largest absolute Gasteiger partial charge is 0.413 e. The van der Waals surface area contributed by atoms with Crippen molar-refractivity contribution in [2.45, 2.75) is 71.1 Å². The summed E-state index contributed by atoms with van der Waals surface area (Å²) in [5, 5.41) is 0.222. The molecule has 0 unspecified atom stereocenters. The van der Waals surface area contributed by atoms with E-state index >= 15 is 0 Å². The molecule has 2 rings (SSSR count). The lowest BCUT2D eigenvalue weighted by molar-refractivity contribution is 0.0482. The first-order valence-electron chi connectivity index (χ1n) is 9.12. The maximum Gasteiger partial charge on any atom is 0.192 e. The Bertz CT molecular complexity index is 491. The molecule has 0 bridgehead atoms. The third kappa shape index (κ3) is 5.69. The molecule has 24 heavy (non-hydrogen) atoms. The normalized spacial score (nSPS) is 20.7. The van der Waals surface area contributed by atoms with Crippen LogP contribution in [0.3, 0.4) is 0 Å². The number of ether oxygens (including phenoxy) is 2. The van der Waals surface area contributed by atoms with Gasteiger partial charge in [0.15, 0.2) is 8.32 Å². The zero-order chi connectivity index (χ0) is 17.8. The van der Waals surface area contributed by atoms with E-state index in [1.165, 1.54) is 5.56 Å². The number of hydrogen-bond acceptors (Lipinski definition) is 3. The summed E-state index contributed by atoms with van der Waals surface area (Å²) in [7, 11) is -1.78. The van der Waals surface area contributed by atoms with Crippen molar-refractivity contribution >= 4 is 8.32 Å². The molecular weight excluding hydrogens is 316 g/mol. The molecule has 1 aromatic carbocycles. The molecule has 3 atom stereocenters. The average molecular weight is 351 g/mol. The third-order valence-corrected chi connectivity index (χ3v) is 9.95. The van der Waals surface area contributed by atoms with Gasteiger partial charge < -0.3 is 13.9 Å². The van der Waals surface area contributed by atoms with E-state index in [1.54, 1.807) is 0 Å². The number of benzene rings is 1. The highest BCUT2D eigenvalue weighted by Gasteiger charge is 2.43. The molecule has 0 N–H and O–H groups in total. The number of hydrogen-bond donors (Lipinski definition) is 0. The molecule has 136 valence electrons. The van der Waals surface area contributed by atoms with Crippen molar-refractivity contribution in [1.82, 2.24) is 0 Å². The van der Waals surface area contributed by atoms with Crippen LogP contribution in [-0.2, 0) is 20.5 Å². The molecule has 0 aromatic heterocycles. The van der Waals surface area contributed by atoms with Crippen molar-refractivity contribution < 1.29 is 13.9 Å². The van der Waals surface area contributed by atoms with Crippen LogP contribution in [0.25, 0.3) is 0 Å². The van der Waals surface area contributed by atoms with Gasteiger partial charge in [-0.15, -0.1) is 0 Å². The average Bonchev–Trinajstić information content (AvgIpc) is 3.34. The van der Waals surface area contributed by atoms with Gasteiger partial charge in [0.2, 0.25) is 0 Å². The van der Waals surface area contributed by atoms with Crippen molar-refractivity contribution in [2.75, 3.05) is 13.2 Å². The summed E-state index contributed by atoms with van der Waals surface area (Å²) < 4.78 is 18.1. The SMILES string of the molecule is C[C@H]([C@@H]1CO1)[C@@H](CCOCc1ccccc1)O[Si](C)(C)C(C)(C)C. The molecule has 0 radical (unpaired) electrons. The van der Waals surface area contributed by atoms with E-state index in [2.05, 4.69) is 65.1 Å². The minimum atomic E-state index is -1.78. The summed E-state index contributed by atoms with van der Waals surface area (Å²) in [4.78, 5) is 0. The first kappa shape index (κ1) is 19.6. The molecule has 3 nitrogen and oxygen atoms in total.